The summed E-state index contributed by atoms with van der Waals surface area (Å²) in [5.74, 6) is -1.77. The fraction of sp³-hybridized carbons (Fsp3) is 0.312. The van der Waals surface area contributed by atoms with Crippen molar-refractivity contribution in [1.29, 1.82) is 0 Å². The van der Waals surface area contributed by atoms with Crippen molar-refractivity contribution in [3.05, 3.63) is 34.4 Å². The maximum Gasteiger partial charge on any atom is 0.326 e. The topological polar surface area (TPSA) is 103 Å². The van der Waals surface area contributed by atoms with Gasteiger partial charge in [0.25, 0.3) is 5.91 Å². The Hall–Kier alpha value is -2.35. The summed E-state index contributed by atoms with van der Waals surface area (Å²) in [5, 5.41) is 12.7. The number of aromatic amines is 1. The number of amides is 2. The van der Waals surface area contributed by atoms with E-state index >= 15 is 0 Å². The molecule has 0 fully saturated rings. The average molecular weight is 396 g/mol. The largest absolute Gasteiger partial charge is 0.480 e. The van der Waals surface area contributed by atoms with Gasteiger partial charge in [0.05, 0.1) is 0 Å². The summed E-state index contributed by atoms with van der Waals surface area (Å²) >= 11 is 3.36. The van der Waals surface area contributed by atoms with Gasteiger partial charge in [-0.2, -0.15) is 0 Å². The lowest BCUT2D eigenvalue weighted by Gasteiger charge is -2.26. The lowest BCUT2D eigenvalue weighted by Crippen LogP contribution is -2.46. The van der Waals surface area contributed by atoms with E-state index in [0.29, 0.717) is 5.69 Å². The molecule has 0 radical (unpaired) electrons. The monoisotopic (exact) mass is 395 g/mol. The van der Waals surface area contributed by atoms with Gasteiger partial charge in [-0.15, -0.1) is 0 Å². The molecular formula is C16H18BrN3O4. The number of hydrogen-bond acceptors (Lipinski definition) is 3. The Kier molecular flexibility index (Phi) is 5.61. The van der Waals surface area contributed by atoms with Crippen molar-refractivity contribution >= 4 is 44.6 Å². The van der Waals surface area contributed by atoms with E-state index in [9.17, 15) is 19.5 Å². The van der Waals surface area contributed by atoms with E-state index in [2.05, 4.69) is 26.2 Å². The Balaban J connectivity index is 2.26. The third kappa shape index (κ3) is 4.14. The molecule has 1 aromatic carbocycles. The van der Waals surface area contributed by atoms with E-state index in [1.165, 1.54) is 18.7 Å². The normalized spacial score (nSPS) is 12.0. The van der Waals surface area contributed by atoms with Gasteiger partial charge in [-0.25, -0.2) is 4.79 Å². The van der Waals surface area contributed by atoms with Crippen molar-refractivity contribution in [2.75, 3.05) is 13.1 Å². The first kappa shape index (κ1) is 18.0. The second kappa shape index (κ2) is 7.48. The summed E-state index contributed by atoms with van der Waals surface area (Å²) in [6, 6.07) is 6.23. The molecule has 0 saturated carbocycles. The van der Waals surface area contributed by atoms with Crippen LogP contribution in [0.15, 0.2) is 28.7 Å². The fourth-order valence-electron chi connectivity index (χ4n) is 2.33. The Labute approximate surface area is 147 Å². The molecule has 0 aliphatic carbocycles. The lowest BCUT2D eigenvalue weighted by atomic mass is 10.2. The van der Waals surface area contributed by atoms with E-state index in [4.69, 9.17) is 0 Å². The van der Waals surface area contributed by atoms with Crippen LogP contribution in [0.1, 0.15) is 24.3 Å². The van der Waals surface area contributed by atoms with Crippen molar-refractivity contribution in [3.8, 4) is 0 Å². The van der Waals surface area contributed by atoms with Crippen LogP contribution < -0.4 is 5.32 Å². The average Bonchev–Trinajstić information content (AvgIpc) is 2.93. The fourth-order valence-corrected chi connectivity index (χ4v) is 2.69. The summed E-state index contributed by atoms with van der Waals surface area (Å²) in [6.07, 6.45) is 0. The highest BCUT2D eigenvalue weighted by molar-refractivity contribution is 9.10. The molecule has 2 rings (SSSR count). The van der Waals surface area contributed by atoms with Gasteiger partial charge < -0.3 is 20.3 Å². The van der Waals surface area contributed by atoms with Crippen LogP contribution >= 0.6 is 15.9 Å². The van der Waals surface area contributed by atoms with Crippen LogP contribution in [-0.2, 0) is 9.59 Å². The molecule has 3 N–H and O–H groups in total. The van der Waals surface area contributed by atoms with E-state index < -0.39 is 17.9 Å². The van der Waals surface area contributed by atoms with Gasteiger partial charge in [0, 0.05) is 35.4 Å². The molecule has 1 aromatic heterocycles. The number of aliphatic carboxylic acids is 1. The first-order valence-electron chi connectivity index (χ1n) is 7.36. The molecule has 8 heteroatoms. The standard InChI is InChI=1S/C16H18BrN3O4/c1-9(16(23)24)20(6-5-18-10(2)21)15(22)14-7-11-3-4-12(17)8-13(11)19-14/h3-4,7-9,19H,5-6H2,1-2H3,(H,18,21)(H,23,24). The number of carbonyl (C=O) groups excluding carboxylic acids is 2. The van der Waals surface area contributed by atoms with Crippen LogP contribution in [0.5, 0.6) is 0 Å². The van der Waals surface area contributed by atoms with E-state index in [-0.39, 0.29) is 19.0 Å². The minimum atomic E-state index is -1.11. The zero-order valence-corrected chi connectivity index (χ0v) is 14.9. The van der Waals surface area contributed by atoms with Crippen molar-refractivity contribution in [3.63, 3.8) is 0 Å². The number of H-pyrrole nitrogens is 1. The first-order valence-corrected chi connectivity index (χ1v) is 8.15. The summed E-state index contributed by atoms with van der Waals surface area (Å²) in [7, 11) is 0. The second-order valence-corrected chi connectivity index (χ2v) is 6.33. The highest BCUT2D eigenvalue weighted by Crippen LogP contribution is 2.21. The number of aromatic nitrogens is 1. The maximum atomic E-state index is 12.7. The molecule has 128 valence electrons. The van der Waals surface area contributed by atoms with Gasteiger partial charge in [-0.1, -0.05) is 22.0 Å². The molecule has 0 bridgehead atoms. The Morgan fingerprint density at radius 3 is 2.67 bits per heavy atom. The number of hydrogen-bond donors (Lipinski definition) is 3. The van der Waals surface area contributed by atoms with Crippen LogP contribution in [0.2, 0.25) is 0 Å². The van der Waals surface area contributed by atoms with Crippen molar-refractivity contribution in [2.24, 2.45) is 0 Å². The number of rotatable bonds is 6. The second-order valence-electron chi connectivity index (χ2n) is 5.41. The molecular weight excluding hydrogens is 378 g/mol. The maximum absolute atomic E-state index is 12.7. The third-order valence-corrected chi connectivity index (χ3v) is 4.12. The lowest BCUT2D eigenvalue weighted by molar-refractivity contribution is -0.141. The molecule has 7 nitrogen and oxygen atoms in total. The Bertz CT molecular complexity index is 787. The number of carboxylic acids is 1. The van der Waals surface area contributed by atoms with Crippen LogP contribution in [0, 0.1) is 0 Å². The molecule has 1 unspecified atom stereocenters. The van der Waals surface area contributed by atoms with Crippen LogP contribution in [0.4, 0.5) is 0 Å². The third-order valence-electron chi connectivity index (χ3n) is 3.63. The molecule has 24 heavy (non-hydrogen) atoms. The number of halogens is 1. The minimum Gasteiger partial charge on any atom is -0.480 e. The van der Waals surface area contributed by atoms with Gasteiger partial charge >= 0.3 is 5.97 Å². The van der Waals surface area contributed by atoms with Crippen LogP contribution in [0.25, 0.3) is 10.9 Å². The summed E-state index contributed by atoms with van der Waals surface area (Å²) in [6.45, 7) is 3.09. The number of carboxylic acid groups (broad SMARTS) is 1. The number of fused-ring (bicyclic) bond motifs is 1. The van der Waals surface area contributed by atoms with E-state index in [1.807, 2.05) is 18.2 Å². The zero-order chi connectivity index (χ0) is 17.9. The SMILES string of the molecule is CC(=O)NCCN(C(=O)c1cc2ccc(Br)cc2[nH]1)C(C)C(=O)O. The summed E-state index contributed by atoms with van der Waals surface area (Å²) < 4.78 is 0.872. The Morgan fingerprint density at radius 1 is 1.33 bits per heavy atom. The van der Waals surface area contributed by atoms with Gasteiger partial charge in [0.15, 0.2) is 0 Å². The summed E-state index contributed by atoms with van der Waals surface area (Å²) in [5.41, 5.74) is 1.08. The van der Waals surface area contributed by atoms with Crippen molar-refractivity contribution in [2.45, 2.75) is 19.9 Å². The molecule has 1 heterocycles. The van der Waals surface area contributed by atoms with Crippen LogP contribution in [0.3, 0.4) is 0 Å². The molecule has 0 spiro atoms. The van der Waals surface area contributed by atoms with Crippen molar-refractivity contribution < 1.29 is 19.5 Å². The van der Waals surface area contributed by atoms with Gasteiger partial charge in [-0.05, 0) is 25.1 Å². The highest BCUT2D eigenvalue weighted by Gasteiger charge is 2.27. The predicted octanol–water partition coefficient (Wildman–Crippen LogP) is 1.98. The smallest absolute Gasteiger partial charge is 0.326 e. The number of nitrogens with zero attached hydrogens (tertiary/aromatic N) is 1. The first-order chi connectivity index (χ1) is 11.3. The quantitative estimate of drug-likeness (QED) is 0.695. The van der Waals surface area contributed by atoms with Crippen molar-refractivity contribution in [1.82, 2.24) is 15.2 Å². The molecule has 2 aromatic rings. The molecule has 1 atom stereocenters. The van der Waals surface area contributed by atoms with Gasteiger partial charge in [-0.3, -0.25) is 9.59 Å². The molecule has 0 aliphatic rings. The predicted molar refractivity (Wildman–Crippen MR) is 92.8 cm³/mol. The Morgan fingerprint density at radius 2 is 2.04 bits per heavy atom. The highest BCUT2D eigenvalue weighted by atomic mass is 79.9. The van der Waals surface area contributed by atoms with Gasteiger partial charge in [0.2, 0.25) is 5.91 Å². The van der Waals surface area contributed by atoms with E-state index in [1.54, 1.807) is 6.07 Å². The van der Waals surface area contributed by atoms with Crippen LogP contribution in [-0.4, -0.2) is 51.9 Å². The summed E-state index contributed by atoms with van der Waals surface area (Å²) in [4.78, 5) is 39.2. The number of benzene rings is 1. The van der Waals surface area contributed by atoms with E-state index in [0.717, 1.165) is 15.4 Å². The molecule has 0 aliphatic heterocycles. The zero-order valence-electron chi connectivity index (χ0n) is 13.3. The number of carbonyl (C=O) groups is 3. The molecule has 2 amide bonds. The van der Waals surface area contributed by atoms with Gasteiger partial charge in [0.1, 0.15) is 11.7 Å². The molecule has 0 saturated heterocycles. The minimum absolute atomic E-state index is 0.102. The number of nitrogens with one attached hydrogen (secondary N) is 2.